The molecule has 0 unspecified atom stereocenters. The third kappa shape index (κ3) is 3.81. The zero-order chi connectivity index (χ0) is 16.9. The summed E-state index contributed by atoms with van der Waals surface area (Å²) in [5.74, 6) is -0.174. The second kappa shape index (κ2) is 7.27. The summed E-state index contributed by atoms with van der Waals surface area (Å²) in [4.78, 5) is 15.1. The van der Waals surface area contributed by atoms with Gasteiger partial charge in [0, 0.05) is 10.9 Å². The number of aromatic nitrogens is 1. The largest absolute Gasteiger partial charge is 0.489 e. The maximum Gasteiger partial charge on any atom is 0.355 e. The van der Waals surface area contributed by atoms with Crippen molar-refractivity contribution in [3.63, 3.8) is 0 Å². The summed E-state index contributed by atoms with van der Waals surface area (Å²) < 4.78 is 5.81. The summed E-state index contributed by atoms with van der Waals surface area (Å²) in [6, 6.07) is 15.9. The Balaban J connectivity index is 1.71. The van der Waals surface area contributed by atoms with E-state index >= 15 is 0 Å². The zero-order valence-corrected chi connectivity index (χ0v) is 14.0. The van der Waals surface area contributed by atoms with E-state index in [2.05, 4.69) is 24.0 Å². The topological polar surface area (TPSA) is 59.4 Å². The fourth-order valence-electron chi connectivity index (χ4n) is 2.29. The molecule has 0 radical (unpaired) electrons. The Morgan fingerprint density at radius 3 is 2.62 bits per heavy atom. The fourth-order valence-corrected chi connectivity index (χ4v) is 3.08. The standard InChI is InChI=1S/C19H17NO3S/c1-2-13-6-8-16(9-7-13)23-11-14-4-3-5-15(10-14)18-20-17(12-24-18)19(21)22/h3-10,12H,2,11H2,1H3,(H,21,22). The number of thiazole rings is 1. The van der Waals surface area contributed by atoms with Crippen LogP contribution in [-0.2, 0) is 13.0 Å². The molecule has 2 aromatic carbocycles. The molecule has 5 heteroatoms. The summed E-state index contributed by atoms with van der Waals surface area (Å²) in [6.07, 6.45) is 1.01. The Morgan fingerprint density at radius 1 is 1.17 bits per heavy atom. The van der Waals surface area contributed by atoms with Gasteiger partial charge in [-0.05, 0) is 35.7 Å². The van der Waals surface area contributed by atoms with Gasteiger partial charge in [-0.25, -0.2) is 9.78 Å². The van der Waals surface area contributed by atoms with Gasteiger partial charge < -0.3 is 9.84 Å². The first-order chi connectivity index (χ1) is 11.7. The lowest BCUT2D eigenvalue weighted by Crippen LogP contribution is -1.97. The summed E-state index contributed by atoms with van der Waals surface area (Å²) in [7, 11) is 0. The van der Waals surface area contributed by atoms with Crippen LogP contribution in [0, 0.1) is 0 Å². The summed E-state index contributed by atoms with van der Waals surface area (Å²) in [5, 5.41) is 11.2. The second-order valence-corrected chi connectivity index (χ2v) is 6.19. The van der Waals surface area contributed by atoms with Gasteiger partial charge in [-0.2, -0.15) is 0 Å². The number of benzene rings is 2. The molecular formula is C19H17NO3S. The molecule has 0 saturated carbocycles. The monoisotopic (exact) mass is 339 g/mol. The minimum absolute atomic E-state index is 0.0765. The van der Waals surface area contributed by atoms with Crippen LogP contribution in [0.2, 0.25) is 0 Å². The highest BCUT2D eigenvalue weighted by atomic mass is 32.1. The third-order valence-corrected chi connectivity index (χ3v) is 4.53. The van der Waals surface area contributed by atoms with E-state index in [0.717, 1.165) is 23.3 Å². The quantitative estimate of drug-likeness (QED) is 0.710. The van der Waals surface area contributed by atoms with Gasteiger partial charge in [0.15, 0.2) is 5.69 Å². The lowest BCUT2D eigenvalue weighted by molar-refractivity contribution is 0.0691. The van der Waals surface area contributed by atoms with Crippen LogP contribution in [0.1, 0.15) is 28.5 Å². The number of hydrogen-bond acceptors (Lipinski definition) is 4. The van der Waals surface area contributed by atoms with Crippen molar-refractivity contribution in [2.75, 3.05) is 0 Å². The van der Waals surface area contributed by atoms with Crippen molar-refractivity contribution >= 4 is 17.3 Å². The molecule has 1 heterocycles. The molecule has 4 nitrogen and oxygen atoms in total. The summed E-state index contributed by atoms with van der Waals surface area (Å²) in [5.41, 5.74) is 3.27. The van der Waals surface area contributed by atoms with Gasteiger partial charge in [-0.3, -0.25) is 0 Å². The van der Waals surface area contributed by atoms with E-state index in [1.54, 1.807) is 5.38 Å². The molecule has 0 aliphatic carbocycles. The number of carbonyl (C=O) groups is 1. The first-order valence-corrected chi connectivity index (χ1v) is 8.53. The lowest BCUT2D eigenvalue weighted by atomic mass is 10.1. The number of carboxylic acid groups (broad SMARTS) is 1. The van der Waals surface area contributed by atoms with Crippen LogP contribution in [0.25, 0.3) is 10.6 Å². The number of nitrogens with zero attached hydrogens (tertiary/aromatic N) is 1. The number of hydrogen-bond donors (Lipinski definition) is 1. The molecule has 0 saturated heterocycles. The van der Waals surface area contributed by atoms with Gasteiger partial charge >= 0.3 is 5.97 Å². The van der Waals surface area contributed by atoms with Crippen molar-refractivity contribution in [2.24, 2.45) is 0 Å². The highest BCUT2D eigenvalue weighted by Gasteiger charge is 2.10. The van der Waals surface area contributed by atoms with Gasteiger partial charge in [0.05, 0.1) is 0 Å². The van der Waals surface area contributed by atoms with E-state index in [4.69, 9.17) is 9.84 Å². The average Bonchev–Trinajstić information content (AvgIpc) is 3.11. The molecule has 0 amide bonds. The Kier molecular flexibility index (Phi) is 4.91. The molecule has 0 spiro atoms. The molecule has 0 atom stereocenters. The van der Waals surface area contributed by atoms with Crippen molar-refractivity contribution in [2.45, 2.75) is 20.0 Å². The normalized spacial score (nSPS) is 10.5. The first-order valence-electron chi connectivity index (χ1n) is 7.65. The number of carboxylic acids is 1. The maximum absolute atomic E-state index is 10.9. The Bertz CT molecular complexity index is 840. The van der Waals surface area contributed by atoms with Gasteiger partial charge in [-0.1, -0.05) is 37.3 Å². The highest BCUT2D eigenvalue weighted by molar-refractivity contribution is 7.13. The van der Waals surface area contributed by atoms with E-state index < -0.39 is 5.97 Å². The predicted molar refractivity (Wildman–Crippen MR) is 94.7 cm³/mol. The molecule has 1 aromatic heterocycles. The SMILES string of the molecule is CCc1ccc(OCc2cccc(-c3nc(C(=O)O)cs3)c2)cc1. The minimum Gasteiger partial charge on any atom is -0.489 e. The zero-order valence-electron chi connectivity index (χ0n) is 13.2. The van der Waals surface area contributed by atoms with Crippen molar-refractivity contribution < 1.29 is 14.6 Å². The molecule has 1 N–H and O–H groups in total. The van der Waals surface area contributed by atoms with Crippen LogP contribution in [0.15, 0.2) is 53.9 Å². The average molecular weight is 339 g/mol. The molecule has 24 heavy (non-hydrogen) atoms. The predicted octanol–water partition coefficient (Wildman–Crippen LogP) is 4.65. The molecule has 0 aliphatic heterocycles. The van der Waals surface area contributed by atoms with Gasteiger partial charge in [0.25, 0.3) is 0 Å². The number of aryl methyl sites for hydroxylation is 1. The maximum atomic E-state index is 10.9. The Labute approximate surface area is 144 Å². The van der Waals surface area contributed by atoms with E-state index in [1.165, 1.54) is 16.9 Å². The van der Waals surface area contributed by atoms with Gasteiger partial charge in [0.2, 0.25) is 0 Å². The summed E-state index contributed by atoms with van der Waals surface area (Å²) >= 11 is 1.33. The number of aromatic carboxylic acids is 1. The van der Waals surface area contributed by atoms with Crippen molar-refractivity contribution in [3.05, 3.63) is 70.7 Å². The van der Waals surface area contributed by atoms with Crippen LogP contribution in [-0.4, -0.2) is 16.1 Å². The van der Waals surface area contributed by atoms with E-state index in [-0.39, 0.29) is 5.69 Å². The molecule has 0 aliphatic rings. The van der Waals surface area contributed by atoms with Crippen molar-refractivity contribution in [1.29, 1.82) is 0 Å². The molecule has 0 fully saturated rings. The van der Waals surface area contributed by atoms with Gasteiger partial charge in [-0.15, -0.1) is 11.3 Å². The smallest absolute Gasteiger partial charge is 0.355 e. The van der Waals surface area contributed by atoms with Gasteiger partial charge in [0.1, 0.15) is 17.4 Å². The molecule has 3 aromatic rings. The lowest BCUT2D eigenvalue weighted by Gasteiger charge is -2.08. The number of rotatable bonds is 6. The second-order valence-electron chi connectivity index (χ2n) is 5.33. The van der Waals surface area contributed by atoms with Crippen LogP contribution in [0.4, 0.5) is 0 Å². The van der Waals surface area contributed by atoms with Crippen LogP contribution in [0.3, 0.4) is 0 Å². The number of ether oxygens (including phenoxy) is 1. The van der Waals surface area contributed by atoms with Crippen LogP contribution >= 0.6 is 11.3 Å². The Hall–Kier alpha value is -2.66. The summed E-state index contributed by atoms with van der Waals surface area (Å²) in [6.45, 7) is 2.58. The molecule has 3 rings (SSSR count). The fraction of sp³-hybridized carbons (Fsp3) is 0.158. The minimum atomic E-state index is -1.01. The van der Waals surface area contributed by atoms with Crippen molar-refractivity contribution in [3.8, 4) is 16.3 Å². The van der Waals surface area contributed by atoms with Crippen LogP contribution in [0.5, 0.6) is 5.75 Å². The van der Waals surface area contributed by atoms with E-state index in [9.17, 15) is 4.79 Å². The molecule has 0 bridgehead atoms. The Morgan fingerprint density at radius 2 is 1.96 bits per heavy atom. The van der Waals surface area contributed by atoms with E-state index in [1.807, 2.05) is 36.4 Å². The van der Waals surface area contributed by atoms with E-state index in [0.29, 0.717) is 11.6 Å². The first kappa shape index (κ1) is 16.2. The molecule has 122 valence electrons. The highest BCUT2D eigenvalue weighted by Crippen LogP contribution is 2.25. The third-order valence-electron chi connectivity index (χ3n) is 3.63. The molecular weight excluding hydrogens is 322 g/mol. The van der Waals surface area contributed by atoms with Crippen LogP contribution < -0.4 is 4.74 Å². The van der Waals surface area contributed by atoms with Crippen molar-refractivity contribution in [1.82, 2.24) is 4.98 Å².